The van der Waals surface area contributed by atoms with E-state index in [0.717, 1.165) is 12.2 Å². The van der Waals surface area contributed by atoms with Crippen molar-refractivity contribution in [1.82, 2.24) is 0 Å². The Kier molecular flexibility index (Phi) is 7.15. The normalized spacial score (nSPS) is 10.2. The largest absolute Gasteiger partial charge is 0.497 e. The van der Waals surface area contributed by atoms with Gasteiger partial charge in [0.1, 0.15) is 17.2 Å². The van der Waals surface area contributed by atoms with Crippen molar-refractivity contribution in [3.63, 3.8) is 0 Å². The van der Waals surface area contributed by atoms with Gasteiger partial charge in [0.15, 0.2) is 0 Å². The first-order chi connectivity index (χ1) is 11.7. The van der Waals surface area contributed by atoms with Crippen LogP contribution in [0.4, 0.5) is 0 Å². The van der Waals surface area contributed by atoms with Crippen LogP contribution in [0.2, 0.25) is 0 Å². The summed E-state index contributed by atoms with van der Waals surface area (Å²) in [6.07, 6.45) is 4.70. The number of rotatable bonds is 9. The first kappa shape index (κ1) is 17.9. The molecule has 0 aliphatic rings. The molecule has 0 unspecified atom stereocenters. The van der Waals surface area contributed by atoms with Crippen molar-refractivity contribution in [2.75, 3.05) is 13.7 Å². The van der Waals surface area contributed by atoms with Crippen LogP contribution in [-0.2, 0) is 0 Å². The van der Waals surface area contributed by atoms with E-state index in [4.69, 9.17) is 14.2 Å². The van der Waals surface area contributed by atoms with Crippen LogP contribution in [0, 0.1) is 0 Å². The molecule has 0 atom stereocenters. The van der Waals surface area contributed by atoms with Crippen LogP contribution in [-0.4, -0.2) is 19.7 Å². The number of unbranched alkanes of at least 4 members (excludes halogenated alkanes) is 3. The lowest BCUT2D eigenvalue weighted by molar-refractivity contribution is 0.0734. The van der Waals surface area contributed by atoms with E-state index in [1.807, 2.05) is 12.1 Å². The van der Waals surface area contributed by atoms with Gasteiger partial charge in [-0.2, -0.15) is 0 Å². The number of carbonyl (C=O) groups excluding carboxylic acids is 1. The average molecular weight is 328 g/mol. The minimum absolute atomic E-state index is 0.397. The van der Waals surface area contributed by atoms with Gasteiger partial charge in [0.2, 0.25) is 0 Å². The molecule has 0 saturated carbocycles. The number of hydrogen-bond acceptors (Lipinski definition) is 4. The highest BCUT2D eigenvalue weighted by Crippen LogP contribution is 2.20. The van der Waals surface area contributed by atoms with E-state index in [1.165, 1.54) is 19.3 Å². The van der Waals surface area contributed by atoms with Crippen LogP contribution < -0.4 is 14.2 Å². The second-order valence-electron chi connectivity index (χ2n) is 5.50. The number of hydrogen-bond donors (Lipinski definition) is 0. The molecule has 0 aliphatic carbocycles. The smallest absolute Gasteiger partial charge is 0.343 e. The molecule has 0 radical (unpaired) electrons. The Balaban J connectivity index is 1.83. The van der Waals surface area contributed by atoms with Gasteiger partial charge in [0.05, 0.1) is 19.3 Å². The van der Waals surface area contributed by atoms with Crippen molar-refractivity contribution in [2.24, 2.45) is 0 Å². The number of methoxy groups -OCH3 is 1. The van der Waals surface area contributed by atoms with Gasteiger partial charge in [0.25, 0.3) is 0 Å². The summed E-state index contributed by atoms with van der Waals surface area (Å²) >= 11 is 0. The lowest BCUT2D eigenvalue weighted by atomic mass is 10.2. The molecule has 0 fully saturated rings. The molecule has 4 heteroatoms. The zero-order valence-corrected chi connectivity index (χ0v) is 14.3. The second-order valence-corrected chi connectivity index (χ2v) is 5.50. The third-order valence-corrected chi connectivity index (χ3v) is 3.63. The molecule has 0 aliphatic heterocycles. The van der Waals surface area contributed by atoms with Crippen molar-refractivity contribution in [3.8, 4) is 17.2 Å². The third kappa shape index (κ3) is 5.61. The Morgan fingerprint density at radius 1 is 0.833 bits per heavy atom. The average Bonchev–Trinajstić information content (AvgIpc) is 2.63. The van der Waals surface area contributed by atoms with E-state index in [1.54, 1.807) is 43.5 Å². The fourth-order valence-electron chi connectivity index (χ4n) is 2.22. The summed E-state index contributed by atoms with van der Waals surface area (Å²) in [6, 6.07) is 13.9. The molecule has 0 bridgehead atoms. The Morgan fingerprint density at radius 3 is 2.08 bits per heavy atom. The number of carbonyl (C=O) groups is 1. The summed E-state index contributed by atoms with van der Waals surface area (Å²) in [6.45, 7) is 2.90. The highest BCUT2D eigenvalue weighted by atomic mass is 16.5. The number of ether oxygens (including phenoxy) is 3. The molecule has 0 heterocycles. The quantitative estimate of drug-likeness (QED) is 0.374. The zero-order valence-electron chi connectivity index (χ0n) is 14.3. The molecule has 0 spiro atoms. The maximum absolute atomic E-state index is 12.1. The second kappa shape index (κ2) is 9.60. The van der Waals surface area contributed by atoms with Gasteiger partial charge in [-0.3, -0.25) is 0 Å². The molecular weight excluding hydrogens is 304 g/mol. The van der Waals surface area contributed by atoms with Gasteiger partial charge < -0.3 is 14.2 Å². The van der Waals surface area contributed by atoms with Crippen LogP contribution in [0.3, 0.4) is 0 Å². The Morgan fingerprint density at radius 2 is 1.46 bits per heavy atom. The summed E-state index contributed by atoms with van der Waals surface area (Å²) in [5, 5.41) is 0. The monoisotopic (exact) mass is 328 g/mol. The van der Waals surface area contributed by atoms with E-state index in [0.29, 0.717) is 23.7 Å². The zero-order chi connectivity index (χ0) is 17.2. The molecule has 0 N–H and O–H groups in total. The molecule has 2 aromatic carbocycles. The molecule has 2 aromatic rings. The van der Waals surface area contributed by atoms with Crippen molar-refractivity contribution < 1.29 is 19.0 Å². The van der Waals surface area contributed by atoms with Crippen molar-refractivity contribution in [3.05, 3.63) is 54.1 Å². The van der Waals surface area contributed by atoms with Gasteiger partial charge in [-0.15, -0.1) is 0 Å². The van der Waals surface area contributed by atoms with Crippen molar-refractivity contribution in [2.45, 2.75) is 32.6 Å². The maximum atomic E-state index is 12.1. The fourth-order valence-corrected chi connectivity index (χ4v) is 2.22. The summed E-state index contributed by atoms with van der Waals surface area (Å²) < 4.78 is 16.1. The number of esters is 1. The molecule has 4 nitrogen and oxygen atoms in total. The van der Waals surface area contributed by atoms with Crippen LogP contribution in [0.25, 0.3) is 0 Å². The van der Waals surface area contributed by atoms with Gasteiger partial charge in [-0.25, -0.2) is 4.79 Å². The Hall–Kier alpha value is -2.49. The molecule has 24 heavy (non-hydrogen) atoms. The molecule has 0 amide bonds. The molecule has 0 aromatic heterocycles. The van der Waals surface area contributed by atoms with Gasteiger partial charge in [-0.05, 0) is 55.0 Å². The Bertz CT molecular complexity index is 617. The van der Waals surface area contributed by atoms with Crippen LogP contribution in [0.5, 0.6) is 17.2 Å². The summed E-state index contributed by atoms with van der Waals surface area (Å²) in [5.74, 6) is 1.59. The predicted molar refractivity (Wildman–Crippen MR) is 94.0 cm³/mol. The van der Waals surface area contributed by atoms with E-state index < -0.39 is 5.97 Å². The standard InChI is InChI=1S/C20H24O4/c1-3-4-5-6-15-23-18-11-13-19(14-12-18)24-20(21)16-7-9-17(22-2)10-8-16/h7-14H,3-6,15H2,1-2H3. The van der Waals surface area contributed by atoms with E-state index in [2.05, 4.69) is 6.92 Å². The molecule has 2 rings (SSSR count). The van der Waals surface area contributed by atoms with Crippen molar-refractivity contribution in [1.29, 1.82) is 0 Å². The maximum Gasteiger partial charge on any atom is 0.343 e. The first-order valence-corrected chi connectivity index (χ1v) is 8.32. The summed E-state index contributed by atoms with van der Waals surface area (Å²) in [7, 11) is 1.58. The minimum atomic E-state index is -0.397. The van der Waals surface area contributed by atoms with Crippen molar-refractivity contribution >= 4 is 5.97 Å². The van der Waals surface area contributed by atoms with E-state index in [-0.39, 0.29) is 0 Å². The van der Waals surface area contributed by atoms with Crippen LogP contribution in [0.1, 0.15) is 43.0 Å². The third-order valence-electron chi connectivity index (χ3n) is 3.63. The summed E-state index contributed by atoms with van der Waals surface area (Å²) in [4.78, 5) is 12.1. The van der Waals surface area contributed by atoms with Crippen LogP contribution >= 0.6 is 0 Å². The van der Waals surface area contributed by atoms with Gasteiger partial charge >= 0.3 is 5.97 Å². The minimum Gasteiger partial charge on any atom is -0.497 e. The summed E-state index contributed by atoms with van der Waals surface area (Å²) in [5.41, 5.74) is 0.479. The molecule has 128 valence electrons. The first-order valence-electron chi connectivity index (χ1n) is 8.32. The highest BCUT2D eigenvalue weighted by Gasteiger charge is 2.08. The fraction of sp³-hybridized carbons (Fsp3) is 0.350. The highest BCUT2D eigenvalue weighted by molar-refractivity contribution is 5.91. The predicted octanol–water partition coefficient (Wildman–Crippen LogP) is 4.87. The molecular formula is C20H24O4. The lowest BCUT2D eigenvalue weighted by Crippen LogP contribution is -2.08. The van der Waals surface area contributed by atoms with E-state index in [9.17, 15) is 4.79 Å². The van der Waals surface area contributed by atoms with Gasteiger partial charge in [-0.1, -0.05) is 26.2 Å². The SMILES string of the molecule is CCCCCCOc1ccc(OC(=O)c2ccc(OC)cc2)cc1. The van der Waals surface area contributed by atoms with Crippen LogP contribution in [0.15, 0.2) is 48.5 Å². The number of benzene rings is 2. The van der Waals surface area contributed by atoms with E-state index >= 15 is 0 Å². The lowest BCUT2D eigenvalue weighted by Gasteiger charge is -2.08. The van der Waals surface area contributed by atoms with Gasteiger partial charge in [0, 0.05) is 0 Å². The Labute approximate surface area is 143 Å². The topological polar surface area (TPSA) is 44.8 Å². The molecule has 0 saturated heterocycles.